The minimum absolute atomic E-state index is 0.966. The highest BCUT2D eigenvalue weighted by molar-refractivity contribution is 9.08. The maximum absolute atomic E-state index is 3.62. The fraction of sp³-hybridized carbons (Fsp3) is 0.294. The number of hydrogen-bond acceptors (Lipinski definition) is 0. The van der Waals surface area contributed by atoms with Gasteiger partial charge in [-0.1, -0.05) is 58.4 Å². The van der Waals surface area contributed by atoms with Crippen molar-refractivity contribution in [3.05, 3.63) is 70.3 Å². The molecule has 0 N–H and O–H groups in total. The summed E-state index contributed by atoms with van der Waals surface area (Å²) in [4.78, 5) is 0. The summed E-state index contributed by atoms with van der Waals surface area (Å²) in [6.07, 6.45) is 4.56. The molecule has 0 aromatic heterocycles. The molecule has 0 saturated heterocycles. The molecule has 0 spiro atoms. The Morgan fingerprint density at radius 2 is 1.28 bits per heavy atom. The number of halogens is 1. The van der Waals surface area contributed by atoms with Crippen LogP contribution in [0.4, 0.5) is 0 Å². The summed E-state index contributed by atoms with van der Waals surface area (Å²) >= 11 is 3.62. The molecule has 4 aliphatic rings. The molecule has 0 heterocycles. The predicted molar refractivity (Wildman–Crippen MR) is 80.3 cm³/mol. The number of alkyl halides is 1. The molecule has 0 aliphatic heterocycles. The zero-order valence-electron chi connectivity index (χ0n) is 10.5. The van der Waals surface area contributed by atoms with Gasteiger partial charge in [0.05, 0.1) is 0 Å². The summed E-state index contributed by atoms with van der Waals surface area (Å²) in [6, 6.07) is 16.1. The van der Waals surface area contributed by atoms with E-state index in [0.29, 0.717) is 0 Å². The van der Waals surface area contributed by atoms with Crippen molar-refractivity contribution in [3.63, 3.8) is 0 Å². The highest BCUT2D eigenvalue weighted by Gasteiger charge is 2.06. The Hall–Kier alpha value is -1.08. The first-order valence-electron chi connectivity index (χ1n) is 6.59. The Bertz CT molecular complexity index is 540. The normalized spacial score (nSPS) is 14.3. The second kappa shape index (κ2) is 5.27. The monoisotopic (exact) mass is 300 g/mol. The molecule has 0 amide bonds. The summed E-state index contributed by atoms with van der Waals surface area (Å²) in [5.41, 5.74) is 7.30. The minimum Gasteiger partial charge on any atom is -0.0876 e. The second-order valence-electron chi connectivity index (χ2n) is 5.05. The van der Waals surface area contributed by atoms with Crippen LogP contribution in [0.2, 0.25) is 0 Å². The third-order valence-electron chi connectivity index (χ3n) is 3.82. The highest BCUT2D eigenvalue weighted by Crippen LogP contribution is 2.20. The van der Waals surface area contributed by atoms with Crippen LogP contribution in [-0.4, -0.2) is 0 Å². The first-order chi connectivity index (χ1) is 8.85. The van der Waals surface area contributed by atoms with E-state index in [-0.39, 0.29) is 0 Å². The van der Waals surface area contributed by atoms with Crippen molar-refractivity contribution in [1.82, 2.24) is 0 Å². The van der Waals surface area contributed by atoms with E-state index in [2.05, 4.69) is 58.4 Å². The largest absolute Gasteiger partial charge is 0.0876 e. The molecule has 4 bridgehead atoms. The van der Waals surface area contributed by atoms with E-state index in [4.69, 9.17) is 0 Å². The van der Waals surface area contributed by atoms with Crippen LogP contribution in [-0.2, 0) is 31.0 Å². The highest BCUT2D eigenvalue weighted by atomic mass is 79.9. The third-order valence-corrected chi connectivity index (χ3v) is 4.43. The Kier molecular flexibility index (Phi) is 3.51. The van der Waals surface area contributed by atoms with Crippen LogP contribution in [0, 0.1) is 0 Å². The van der Waals surface area contributed by atoms with E-state index < -0.39 is 0 Å². The van der Waals surface area contributed by atoms with Gasteiger partial charge >= 0.3 is 0 Å². The standard InChI is InChI=1S/C17H17Br/c18-12-17-11-15-6-5-13-1-3-14(4-2-13)7-9-16(17)10-8-15/h1-4,8,10-11H,5-7,9,12H2. The number of benzene rings is 2. The first-order valence-corrected chi connectivity index (χ1v) is 7.72. The molecule has 0 unspecified atom stereocenters. The summed E-state index contributed by atoms with van der Waals surface area (Å²) in [5.74, 6) is 0. The van der Waals surface area contributed by atoms with Gasteiger partial charge in [0, 0.05) is 5.33 Å². The lowest BCUT2D eigenvalue weighted by atomic mass is 9.94. The van der Waals surface area contributed by atoms with Crippen LogP contribution in [0.1, 0.15) is 27.8 Å². The lowest BCUT2D eigenvalue weighted by molar-refractivity contribution is 0.911. The van der Waals surface area contributed by atoms with Gasteiger partial charge in [0.2, 0.25) is 0 Å². The molecular formula is C17H17Br. The lowest BCUT2D eigenvalue weighted by Gasteiger charge is -2.13. The molecule has 1 heteroatoms. The van der Waals surface area contributed by atoms with Gasteiger partial charge in [-0.15, -0.1) is 0 Å². The summed E-state index contributed by atoms with van der Waals surface area (Å²) in [7, 11) is 0. The SMILES string of the molecule is BrCc1cc2ccc1CCc1ccc(cc1)CC2. The van der Waals surface area contributed by atoms with Gasteiger partial charge < -0.3 is 0 Å². The molecule has 4 aliphatic carbocycles. The second-order valence-corrected chi connectivity index (χ2v) is 5.61. The molecule has 0 atom stereocenters. The maximum atomic E-state index is 3.62. The Morgan fingerprint density at radius 1 is 0.722 bits per heavy atom. The van der Waals surface area contributed by atoms with Gasteiger partial charge in [-0.3, -0.25) is 0 Å². The van der Waals surface area contributed by atoms with Crippen molar-refractivity contribution in [2.45, 2.75) is 31.0 Å². The molecular weight excluding hydrogens is 284 g/mol. The van der Waals surface area contributed by atoms with Gasteiger partial charge in [-0.05, 0) is 53.5 Å². The van der Waals surface area contributed by atoms with Gasteiger partial charge in [-0.2, -0.15) is 0 Å². The third kappa shape index (κ3) is 2.51. The molecule has 6 rings (SSSR count). The summed E-state index contributed by atoms with van der Waals surface area (Å²) < 4.78 is 0. The van der Waals surface area contributed by atoms with Crippen molar-refractivity contribution in [2.75, 3.05) is 0 Å². The number of hydrogen-bond donors (Lipinski definition) is 0. The molecule has 2 aromatic carbocycles. The minimum atomic E-state index is 0.966. The van der Waals surface area contributed by atoms with E-state index in [1.54, 1.807) is 0 Å². The van der Waals surface area contributed by atoms with Crippen molar-refractivity contribution in [3.8, 4) is 0 Å². The molecule has 0 fully saturated rings. The summed E-state index contributed by atoms with van der Waals surface area (Å²) in [6.45, 7) is 0. The zero-order valence-corrected chi connectivity index (χ0v) is 12.0. The van der Waals surface area contributed by atoms with Gasteiger partial charge in [0.1, 0.15) is 0 Å². The van der Waals surface area contributed by atoms with Crippen molar-refractivity contribution >= 4 is 15.9 Å². The molecule has 2 aromatic rings. The number of aryl methyl sites for hydroxylation is 4. The van der Waals surface area contributed by atoms with Crippen LogP contribution in [0.15, 0.2) is 42.5 Å². The van der Waals surface area contributed by atoms with Crippen molar-refractivity contribution in [2.24, 2.45) is 0 Å². The molecule has 0 nitrogen and oxygen atoms in total. The Balaban J connectivity index is 2.00. The fourth-order valence-electron chi connectivity index (χ4n) is 2.64. The van der Waals surface area contributed by atoms with Crippen molar-refractivity contribution < 1.29 is 0 Å². The maximum Gasteiger partial charge on any atom is 0.0285 e. The van der Waals surface area contributed by atoms with Crippen LogP contribution < -0.4 is 0 Å². The molecule has 92 valence electrons. The predicted octanol–water partition coefficient (Wildman–Crippen LogP) is 4.47. The molecule has 0 radical (unpaired) electrons. The zero-order chi connectivity index (χ0) is 12.4. The average molecular weight is 301 g/mol. The summed E-state index contributed by atoms with van der Waals surface area (Å²) in [5, 5.41) is 0.966. The van der Waals surface area contributed by atoms with Crippen molar-refractivity contribution in [1.29, 1.82) is 0 Å². The van der Waals surface area contributed by atoms with E-state index in [1.807, 2.05) is 0 Å². The van der Waals surface area contributed by atoms with Gasteiger partial charge in [0.15, 0.2) is 0 Å². The Labute approximate surface area is 117 Å². The molecule has 0 saturated carbocycles. The average Bonchev–Trinajstić information content (AvgIpc) is 2.41. The van der Waals surface area contributed by atoms with Crippen LogP contribution >= 0.6 is 15.9 Å². The van der Waals surface area contributed by atoms with Crippen LogP contribution in [0.25, 0.3) is 0 Å². The van der Waals surface area contributed by atoms with E-state index in [9.17, 15) is 0 Å². The topological polar surface area (TPSA) is 0 Å². The van der Waals surface area contributed by atoms with E-state index >= 15 is 0 Å². The quantitative estimate of drug-likeness (QED) is 0.682. The van der Waals surface area contributed by atoms with Crippen LogP contribution in [0.3, 0.4) is 0 Å². The van der Waals surface area contributed by atoms with E-state index in [1.165, 1.54) is 27.8 Å². The number of rotatable bonds is 1. The van der Waals surface area contributed by atoms with Crippen LogP contribution in [0.5, 0.6) is 0 Å². The smallest absolute Gasteiger partial charge is 0.0285 e. The van der Waals surface area contributed by atoms with E-state index in [0.717, 1.165) is 31.0 Å². The lowest BCUT2D eigenvalue weighted by Crippen LogP contribution is -2.01. The van der Waals surface area contributed by atoms with Gasteiger partial charge in [-0.25, -0.2) is 0 Å². The fourth-order valence-corrected chi connectivity index (χ4v) is 3.17. The Morgan fingerprint density at radius 3 is 1.94 bits per heavy atom. The van der Waals surface area contributed by atoms with Gasteiger partial charge in [0.25, 0.3) is 0 Å². The molecule has 18 heavy (non-hydrogen) atoms. The first kappa shape index (κ1) is 12.0.